The van der Waals surface area contributed by atoms with Crippen LogP contribution in [0.25, 0.3) is 0 Å². The quantitative estimate of drug-likeness (QED) is 0.239. The van der Waals surface area contributed by atoms with E-state index in [1.54, 1.807) is 0 Å². The molecule has 0 aromatic carbocycles. The number of aliphatic hydroxyl groups excluding tert-OH is 3. The van der Waals surface area contributed by atoms with E-state index in [0.717, 1.165) is 0 Å². The third kappa shape index (κ3) is 2.76. The Morgan fingerprint density at radius 3 is 2.22 bits per heavy atom. The highest BCUT2D eigenvalue weighted by atomic mass is 16.5. The van der Waals surface area contributed by atoms with Crippen molar-refractivity contribution in [1.82, 2.24) is 9.97 Å². The standard InChI is InChI=1S/C9H17N5O4/c1-18-6-7(11-5-12-8(6)14-10)13-9(2-15,3-16)4-17/h5,15-17H,2-4,10H2,1H3,(H2,11,12,13,14). The summed E-state index contributed by atoms with van der Waals surface area (Å²) in [6.07, 6.45) is 1.22. The van der Waals surface area contributed by atoms with Crippen LogP contribution in [0.4, 0.5) is 11.6 Å². The fourth-order valence-corrected chi connectivity index (χ4v) is 1.28. The molecule has 0 amide bonds. The lowest BCUT2D eigenvalue weighted by molar-refractivity contribution is 0.0829. The van der Waals surface area contributed by atoms with Crippen LogP contribution in [0.3, 0.4) is 0 Å². The molecule has 102 valence electrons. The fraction of sp³-hybridized carbons (Fsp3) is 0.556. The maximum absolute atomic E-state index is 9.22. The average Bonchev–Trinajstić information content (AvgIpc) is 2.44. The topological polar surface area (TPSA) is 146 Å². The van der Waals surface area contributed by atoms with Gasteiger partial charge >= 0.3 is 0 Å². The Bertz CT molecular complexity index is 377. The van der Waals surface area contributed by atoms with E-state index in [1.165, 1.54) is 13.4 Å². The molecule has 0 atom stereocenters. The molecule has 1 aromatic heterocycles. The summed E-state index contributed by atoms with van der Waals surface area (Å²) in [6, 6.07) is 0. The van der Waals surface area contributed by atoms with Gasteiger partial charge in [0, 0.05) is 0 Å². The van der Waals surface area contributed by atoms with Crippen LogP contribution < -0.4 is 21.3 Å². The zero-order valence-electron chi connectivity index (χ0n) is 9.92. The monoisotopic (exact) mass is 259 g/mol. The van der Waals surface area contributed by atoms with Crippen molar-refractivity contribution in [2.75, 3.05) is 37.7 Å². The SMILES string of the molecule is COc1c(NN)ncnc1NC(CO)(CO)CO. The van der Waals surface area contributed by atoms with Gasteiger partial charge in [-0.05, 0) is 0 Å². The molecule has 0 radical (unpaired) electrons. The van der Waals surface area contributed by atoms with Gasteiger partial charge in [0.15, 0.2) is 11.6 Å². The van der Waals surface area contributed by atoms with Gasteiger partial charge in [0.05, 0.1) is 26.9 Å². The van der Waals surface area contributed by atoms with Gasteiger partial charge in [-0.1, -0.05) is 0 Å². The Labute approximate surface area is 104 Å². The maximum atomic E-state index is 9.22. The van der Waals surface area contributed by atoms with Crippen LogP contribution in [-0.2, 0) is 0 Å². The summed E-state index contributed by atoms with van der Waals surface area (Å²) in [7, 11) is 1.39. The average molecular weight is 259 g/mol. The number of ether oxygens (including phenoxy) is 1. The number of nitrogens with zero attached hydrogens (tertiary/aromatic N) is 2. The summed E-state index contributed by atoms with van der Waals surface area (Å²) in [6.45, 7) is -1.46. The number of aliphatic hydroxyl groups is 3. The molecule has 18 heavy (non-hydrogen) atoms. The fourth-order valence-electron chi connectivity index (χ4n) is 1.28. The van der Waals surface area contributed by atoms with E-state index in [-0.39, 0.29) is 17.4 Å². The second-order valence-corrected chi connectivity index (χ2v) is 3.63. The second-order valence-electron chi connectivity index (χ2n) is 3.63. The summed E-state index contributed by atoms with van der Waals surface area (Å²) in [4.78, 5) is 7.75. The number of rotatable bonds is 7. The first-order valence-corrected chi connectivity index (χ1v) is 5.12. The molecule has 0 saturated heterocycles. The van der Waals surface area contributed by atoms with Crippen LogP contribution in [-0.4, -0.2) is 57.8 Å². The molecule has 0 fully saturated rings. The predicted octanol–water partition coefficient (Wildman–Crippen LogP) is -2.10. The second kappa shape index (κ2) is 6.31. The molecule has 7 N–H and O–H groups in total. The molecule has 0 aliphatic rings. The van der Waals surface area contributed by atoms with Gasteiger partial charge in [-0.3, -0.25) is 0 Å². The molecule has 0 aliphatic carbocycles. The molecular formula is C9H17N5O4. The largest absolute Gasteiger partial charge is 0.490 e. The zero-order valence-corrected chi connectivity index (χ0v) is 9.92. The molecule has 0 spiro atoms. The van der Waals surface area contributed by atoms with Gasteiger partial charge in [-0.15, -0.1) is 0 Å². The van der Waals surface area contributed by atoms with E-state index in [4.69, 9.17) is 10.6 Å². The summed E-state index contributed by atoms with van der Waals surface area (Å²) in [5, 5.41) is 30.4. The van der Waals surface area contributed by atoms with Crippen LogP contribution in [0.1, 0.15) is 0 Å². The molecule has 1 heterocycles. The third-order valence-corrected chi connectivity index (χ3v) is 2.44. The highest BCUT2D eigenvalue weighted by Crippen LogP contribution is 2.30. The van der Waals surface area contributed by atoms with Crippen molar-refractivity contribution in [1.29, 1.82) is 0 Å². The lowest BCUT2D eigenvalue weighted by atomic mass is 10.0. The lowest BCUT2D eigenvalue weighted by Gasteiger charge is -2.29. The predicted molar refractivity (Wildman–Crippen MR) is 64.0 cm³/mol. The summed E-state index contributed by atoms with van der Waals surface area (Å²) >= 11 is 0. The van der Waals surface area contributed by atoms with Crippen LogP contribution in [0, 0.1) is 0 Å². The zero-order chi connectivity index (χ0) is 13.6. The van der Waals surface area contributed by atoms with E-state index < -0.39 is 25.4 Å². The molecule has 0 saturated carbocycles. The Morgan fingerprint density at radius 2 is 1.78 bits per heavy atom. The molecule has 0 aliphatic heterocycles. The number of hydrogen-bond donors (Lipinski definition) is 6. The first-order valence-electron chi connectivity index (χ1n) is 5.12. The van der Waals surface area contributed by atoms with Crippen LogP contribution in [0.2, 0.25) is 0 Å². The van der Waals surface area contributed by atoms with Crippen molar-refractivity contribution in [3.63, 3.8) is 0 Å². The van der Waals surface area contributed by atoms with Crippen molar-refractivity contribution in [3.05, 3.63) is 6.33 Å². The van der Waals surface area contributed by atoms with E-state index in [9.17, 15) is 15.3 Å². The number of hydrogen-bond acceptors (Lipinski definition) is 9. The minimum absolute atomic E-state index is 0.192. The summed E-state index contributed by atoms with van der Waals surface area (Å²) < 4.78 is 5.07. The van der Waals surface area contributed by atoms with Crippen molar-refractivity contribution < 1.29 is 20.1 Å². The maximum Gasteiger partial charge on any atom is 0.205 e. The Morgan fingerprint density at radius 1 is 1.22 bits per heavy atom. The minimum Gasteiger partial charge on any atom is -0.490 e. The molecule has 9 heteroatoms. The molecule has 1 aromatic rings. The van der Waals surface area contributed by atoms with E-state index >= 15 is 0 Å². The number of nitrogens with one attached hydrogen (secondary N) is 2. The van der Waals surface area contributed by atoms with Crippen LogP contribution >= 0.6 is 0 Å². The van der Waals surface area contributed by atoms with Crippen molar-refractivity contribution in [2.45, 2.75) is 5.54 Å². The molecule has 9 nitrogen and oxygen atoms in total. The third-order valence-electron chi connectivity index (χ3n) is 2.44. The number of methoxy groups -OCH3 is 1. The number of hydrazine groups is 1. The Balaban J connectivity index is 3.09. The lowest BCUT2D eigenvalue weighted by Crippen LogP contribution is -2.49. The minimum atomic E-state index is -1.31. The van der Waals surface area contributed by atoms with Gasteiger partial charge in [-0.2, -0.15) is 0 Å². The van der Waals surface area contributed by atoms with Gasteiger partial charge in [0.2, 0.25) is 5.75 Å². The van der Waals surface area contributed by atoms with Crippen molar-refractivity contribution in [3.8, 4) is 5.75 Å². The highest BCUT2D eigenvalue weighted by Gasteiger charge is 2.30. The van der Waals surface area contributed by atoms with Crippen molar-refractivity contribution in [2.24, 2.45) is 5.84 Å². The van der Waals surface area contributed by atoms with E-state index in [2.05, 4.69) is 20.7 Å². The Hall–Kier alpha value is -1.68. The normalized spacial score (nSPS) is 11.2. The molecule has 0 unspecified atom stereocenters. The number of aromatic nitrogens is 2. The summed E-state index contributed by atoms with van der Waals surface area (Å²) in [5.41, 5.74) is 1.01. The summed E-state index contributed by atoms with van der Waals surface area (Å²) in [5.74, 6) is 5.89. The van der Waals surface area contributed by atoms with Gasteiger partial charge in [-0.25, -0.2) is 15.8 Å². The first-order chi connectivity index (χ1) is 8.66. The van der Waals surface area contributed by atoms with Gasteiger partial charge < -0.3 is 30.8 Å². The molecule has 1 rings (SSSR count). The van der Waals surface area contributed by atoms with Gasteiger partial charge in [0.25, 0.3) is 0 Å². The van der Waals surface area contributed by atoms with E-state index in [0.29, 0.717) is 0 Å². The number of anilines is 2. The van der Waals surface area contributed by atoms with Crippen LogP contribution in [0.15, 0.2) is 6.33 Å². The highest BCUT2D eigenvalue weighted by molar-refractivity contribution is 5.63. The van der Waals surface area contributed by atoms with Crippen LogP contribution in [0.5, 0.6) is 5.75 Å². The Kier molecular flexibility index (Phi) is 5.04. The first kappa shape index (κ1) is 14.4. The number of nitrogen functional groups attached to an aromatic ring is 1. The smallest absolute Gasteiger partial charge is 0.205 e. The molecule has 0 bridgehead atoms. The molecular weight excluding hydrogens is 242 g/mol. The van der Waals surface area contributed by atoms with E-state index in [1.807, 2.05) is 0 Å². The van der Waals surface area contributed by atoms with Gasteiger partial charge in [0.1, 0.15) is 11.9 Å². The van der Waals surface area contributed by atoms with Crippen molar-refractivity contribution >= 4 is 11.6 Å². The number of nitrogens with two attached hydrogens (primary N) is 1.